The van der Waals surface area contributed by atoms with Crippen LogP contribution in [0.1, 0.15) is 47.0 Å². The molecule has 98 valence electrons. The summed E-state index contributed by atoms with van der Waals surface area (Å²) in [5.41, 5.74) is 0.673. The zero-order chi connectivity index (χ0) is 13.1. The summed E-state index contributed by atoms with van der Waals surface area (Å²) < 4.78 is 0. The number of hydrogen-bond acceptors (Lipinski definition) is 2. The van der Waals surface area contributed by atoms with Gasteiger partial charge in [0.25, 0.3) is 0 Å². The monoisotopic (exact) mass is 237 g/mol. The van der Waals surface area contributed by atoms with Gasteiger partial charge in [0.1, 0.15) is 0 Å². The van der Waals surface area contributed by atoms with Crippen molar-refractivity contribution in [2.75, 3.05) is 6.54 Å². The zero-order valence-electron chi connectivity index (χ0n) is 11.7. The average molecular weight is 237 g/mol. The molecular formula is C15H27NO. The summed E-state index contributed by atoms with van der Waals surface area (Å²) in [7, 11) is 0. The molecule has 2 N–H and O–H groups in total. The fourth-order valence-electron chi connectivity index (χ4n) is 1.30. The van der Waals surface area contributed by atoms with Crippen molar-refractivity contribution in [2.24, 2.45) is 0 Å². The second kappa shape index (κ2) is 9.06. The molecule has 0 aliphatic carbocycles. The molecule has 0 spiro atoms. The van der Waals surface area contributed by atoms with E-state index in [4.69, 9.17) is 0 Å². The predicted octanol–water partition coefficient (Wildman–Crippen LogP) is 3.55. The SMILES string of the molecule is CC/C=C(\C=C/CN/C=C\C(C)(O)CC)CC. The third-order valence-electron chi connectivity index (χ3n) is 2.72. The summed E-state index contributed by atoms with van der Waals surface area (Å²) in [4.78, 5) is 0. The van der Waals surface area contributed by atoms with Crippen LogP contribution in [0.4, 0.5) is 0 Å². The maximum Gasteiger partial charge on any atom is 0.0813 e. The number of aliphatic hydroxyl groups is 1. The van der Waals surface area contributed by atoms with Crippen LogP contribution >= 0.6 is 0 Å². The van der Waals surface area contributed by atoms with Gasteiger partial charge >= 0.3 is 0 Å². The highest BCUT2D eigenvalue weighted by atomic mass is 16.3. The summed E-state index contributed by atoms with van der Waals surface area (Å²) in [5, 5.41) is 12.9. The van der Waals surface area contributed by atoms with E-state index >= 15 is 0 Å². The van der Waals surface area contributed by atoms with Gasteiger partial charge in [-0.25, -0.2) is 0 Å². The number of nitrogens with one attached hydrogen (secondary N) is 1. The molecule has 1 unspecified atom stereocenters. The van der Waals surface area contributed by atoms with Crippen LogP contribution in [-0.2, 0) is 0 Å². The quantitative estimate of drug-likeness (QED) is 0.500. The van der Waals surface area contributed by atoms with Gasteiger partial charge in [0.2, 0.25) is 0 Å². The molecule has 0 aliphatic heterocycles. The van der Waals surface area contributed by atoms with Gasteiger partial charge in [-0.1, -0.05) is 44.6 Å². The Bertz CT molecular complexity index is 275. The van der Waals surface area contributed by atoms with Crippen molar-refractivity contribution in [3.8, 4) is 0 Å². The molecule has 17 heavy (non-hydrogen) atoms. The van der Waals surface area contributed by atoms with Crippen LogP contribution in [0.25, 0.3) is 0 Å². The van der Waals surface area contributed by atoms with Crippen molar-refractivity contribution in [1.82, 2.24) is 5.32 Å². The molecule has 0 aliphatic rings. The predicted molar refractivity (Wildman–Crippen MR) is 75.9 cm³/mol. The molecule has 0 bridgehead atoms. The lowest BCUT2D eigenvalue weighted by molar-refractivity contribution is 0.107. The molecule has 0 aromatic heterocycles. The third-order valence-corrected chi connectivity index (χ3v) is 2.72. The molecule has 0 radical (unpaired) electrons. The van der Waals surface area contributed by atoms with Crippen molar-refractivity contribution in [3.63, 3.8) is 0 Å². The van der Waals surface area contributed by atoms with E-state index in [1.165, 1.54) is 5.57 Å². The third kappa shape index (κ3) is 8.75. The minimum atomic E-state index is -0.701. The van der Waals surface area contributed by atoms with E-state index in [1.807, 2.05) is 13.1 Å². The first-order chi connectivity index (χ1) is 8.05. The molecule has 0 heterocycles. The molecule has 2 heteroatoms. The average Bonchev–Trinajstić information content (AvgIpc) is 2.32. The molecule has 0 amide bonds. The Labute approximate surface area is 106 Å². The van der Waals surface area contributed by atoms with E-state index < -0.39 is 5.60 Å². The summed E-state index contributed by atoms with van der Waals surface area (Å²) >= 11 is 0. The van der Waals surface area contributed by atoms with E-state index in [-0.39, 0.29) is 0 Å². The first-order valence-electron chi connectivity index (χ1n) is 6.54. The van der Waals surface area contributed by atoms with Gasteiger partial charge in [0.05, 0.1) is 5.60 Å². The van der Waals surface area contributed by atoms with E-state index in [1.54, 1.807) is 13.0 Å². The van der Waals surface area contributed by atoms with E-state index in [0.29, 0.717) is 0 Å². The van der Waals surface area contributed by atoms with Crippen LogP contribution in [0.5, 0.6) is 0 Å². The van der Waals surface area contributed by atoms with Crippen molar-refractivity contribution in [1.29, 1.82) is 0 Å². The summed E-state index contributed by atoms with van der Waals surface area (Å²) in [6, 6.07) is 0. The van der Waals surface area contributed by atoms with E-state index in [0.717, 1.165) is 25.8 Å². The Morgan fingerprint density at radius 1 is 1.29 bits per heavy atom. The lowest BCUT2D eigenvalue weighted by Gasteiger charge is -2.15. The molecule has 1 atom stereocenters. The molecule has 0 saturated heterocycles. The number of hydrogen-bond donors (Lipinski definition) is 2. The van der Waals surface area contributed by atoms with Crippen LogP contribution in [0.15, 0.2) is 36.1 Å². The Balaban J connectivity index is 3.92. The summed E-state index contributed by atoms with van der Waals surface area (Å²) in [5.74, 6) is 0. The van der Waals surface area contributed by atoms with Gasteiger partial charge in [-0.15, -0.1) is 0 Å². The Hall–Kier alpha value is -1.02. The van der Waals surface area contributed by atoms with E-state index in [2.05, 4.69) is 37.4 Å². The fraction of sp³-hybridized carbons (Fsp3) is 0.600. The highest BCUT2D eigenvalue weighted by Crippen LogP contribution is 2.08. The molecular weight excluding hydrogens is 210 g/mol. The Kier molecular flexibility index (Phi) is 8.51. The van der Waals surface area contributed by atoms with Gasteiger partial charge in [-0.3, -0.25) is 0 Å². The Morgan fingerprint density at radius 3 is 2.53 bits per heavy atom. The maximum absolute atomic E-state index is 9.72. The maximum atomic E-state index is 9.72. The van der Waals surface area contributed by atoms with Gasteiger partial charge in [0, 0.05) is 6.54 Å². The number of rotatable bonds is 8. The largest absolute Gasteiger partial charge is 0.388 e. The van der Waals surface area contributed by atoms with Gasteiger partial charge < -0.3 is 10.4 Å². The minimum Gasteiger partial charge on any atom is -0.388 e. The van der Waals surface area contributed by atoms with Gasteiger partial charge in [-0.2, -0.15) is 0 Å². The smallest absolute Gasteiger partial charge is 0.0813 e. The second-order valence-electron chi connectivity index (χ2n) is 4.40. The number of allylic oxidation sites excluding steroid dienone is 3. The molecule has 0 saturated carbocycles. The standard InChI is InChI=1S/C15H27NO/c1-5-9-14(6-2)10-8-12-16-13-11-15(4,17)7-3/h8-11,13,16-17H,5-7,12H2,1-4H3/b10-8-,13-11-,14-9-. The first kappa shape index (κ1) is 16.0. The minimum absolute atomic E-state index is 0.701. The van der Waals surface area contributed by atoms with Crippen LogP contribution in [0, 0.1) is 0 Å². The topological polar surface area (TPSA) is 32.3 Å². The van der Waals surface area contributed by atoms with Crippen molar-refractivity contribution >= 4 is 0 Å². The molecule has 2 nitrogen and oxygen atoms in total. The molecule has 0 aromatic carbocycles. The van der Waals surface area contributed by atoms with Gasteiger partial charge in [-0.05, 0) is 38.5 Å². The lowest BCUT2D eigenvalue weighted by atomic mass is 10.0. The normalized spacial score (nSPS) is 16.6. The fourth-order valence-corrected chi connectivity index (χ4v) is 1.30. The second-order valence-corrected chi connectivity index (χ2v) is 4.40. The molecule has 0 aromatic rings. The molecule has 0 rings (SSSR count). The van der Waals surface area contributed by atoms with Crippen LogP contribution in [0.3, 0.4) is 0 Å². The highest BCUT2D eigenvalue weighted by Gasteiger charge is 2.11. The Morgan fingerprint density at radius 2 is 2.00 bits per heavy atom. The van der Waals surface area contributed by atoms with Gasteiger partial charge in [0.15, 0.2) is 0 Å². The summed E-state index contributed by atoms with van der Waals surface area (Å²) in [6.07, 6.45) is 13.0. The van der Waals surface area contributed by atoms with Crippen LogP contribution in [0.2, 0.25) is 0 Å². The lowest BCUT2D eigenvalue weighted by Crippen LogP contribution is -2.20. The summed E-state index contributed by atoms with van der Waals surface area (Å²) in [6.45, 7) is 8.87. The van der Waals surface area contributed by atoms with Crippen molar-refractivity contribution in [3.05, 3.63) is 36.1 Å². The highest BCUT2D eigenvalue weighted by molar-refractivity contribution is 5.18. The van der Waals surface area contributed by atoms with Crippen molar-refractivity contribution in [2.45, 2.75) is 52.6 Å². The van der Waals surface area contributed by atoms with Crippen LogP contribution < -0.4 is 5.32 Å². The van der Waals surface area contributed by atoms with E-state index in [9.17, 15) is 5.11 Å². The van der Waals surface area contributed by atoms with Crippen molar-refractivity contribution < 1.29 is 5.11 Å². The first-order valence-corrected chi connectivity index (χ1v) is 6.54. The zero-order valence-corrected chi connectivity index (χ0v) is 11.7. The van der Waals surface area contributed by atoms with Crippen LogP contribution in [-0.4, -0.2) is 17.3 Å². The molecule has 0 fully saturated rings.